The van der Waals surface area contributed by atoms with Crippen LogP contribution in [0.3, 0.4) is 0 Å². The van der Waals surface area contributed by atoms with Gasteiger partial charge in [0, 0.05) is 17.0 Å². The predicted octanol–water partition coefficient (Wildman–Crippen LogP) is 2.76. The highest BCUT2D eigenvalue weighted by Gasteiger charge is 2.13. The number of thiophene rings is 1. The van der Waals surface area contributed by atoms with Crippen LogP contribution in [0.5, 0.6) is 11.5 Å². The number of hydrogen-bond donors (Lipinski definition) is 1. The number of methoxy groups -OCH3 is 2. The first kappa shape index (κ1) is 13.4. The molecule has 0 amide bonds. The highest BCUT2D eigenvalue weighted by Crippen LogP contribution is 2.38. The Morgan fingerprint density at radius 1 is 1.21 bits per heavy atom. The SMILES string of the molecule is COc1cc(CN)c(-c2ccc(C#N)s2)cc1OC. The van der Waals surface area contributed by atoms with E-state index in [0.29, 0.717) is 22.9 Å². The van der Waals surface area contributed by atoms with E-state index < -0.39 is 0 Å². The minimum absolute atomic E-state index is 0.398. The average Bonchev–Trinajstić information content (AvgIpc) is 2.94. The molecule has 19 heavy (non-hydrogen) atoms. The lowest BCUT2D eigenvalue weighted by atomic mass is 10.0. The lowest BCUT2D eigenvalue weighted by Crippen LogP contribution is -2.01. The molecule has 0 saturated heterocycles. The first-order valence-corrected chi connectivity index (χ1v) is 6.50. The Balaban J connectivity index is 2.58. The van der Waals surface area contributed by atoms with Crippen LogP contribution in [-0.2, 0) is 6.54 Å². The van der Waals surface area contributed by atoms with Crippen LogP contribution in [0.15, 0.2) is 24.3 Å². The van der Waals surface area contributed by atoms with E-state index in [1.165, 1.54) is 11.3 Å². The van der Waals surface area contributed by atoms with Crippen LogP contribution in [0.4, 0.5) is 0 Å². The van der Waals surface area contributed by atoms with Gasteiger partial charge in [0.05, 0.1) is 14.2 Å². The molecular weight excluding hydrogens is 260 g/mol. The molecule has 2 aromatic rings. The molecule has 0 saturated carbocycles. The lowest BCUT2D eigenvalue weighted by Gasteiger charge is -2.13. The van der Waals surface area contributed by atoms with Gasteiger partial charge in [-0.25, -0.2) is 0 Å². The van der Waals surface area contributed by atoms with Crippen LogP contribution >= 0.6 is 11.3 Å². The zero-order chi connectivity index (χ0) is 13.8. The van der Waals surface area contributed by atoms with Gasteiger partial charge in [-0.05, 0) is 29.8 Å². The van der Waals surface area contributed by atoms with Crippen molar-refractivity contribution in [1.29, 1.82) is 5.26 Å². The second-order valence-corrected chi connectivity index (χ2v) is 4.93. The van der Waals surface area contributed by atoms with E-state index in [-0.39, 0.29) is 0 Å². The molecule has 0 fully saturated rings. The summed E-state index contributed by atoms with van der Waals surface area (Å²) in [6.45, 7) is 0.398. The van der Waals surface area contributed by atoms with E-state index in [0.717, 1.165) is 16.0 Å². The summed E-state index contributed by atoms with van der Waals surface area (Å²) in [7, 11) is 3.19. The quantitative estimate of drug-likeness (QED) is 0.930. The second kappa shape index (κ2) is 5.74. The minimum atomic E-state index is 0.398. The van der Waals surface area contributed by atoms with Crippen molar-refractivity contribution in [3.8, 4) is 28.0 Å². The molecule has 2 N–H and O–H groups in total. The monoisotopic (exact) mass is 274 g/mol. The molecule has 1 heterocycles. The summed E-state index contributed by atoms with van der Waals surface area (Å²) >= 11 is 1.44. The van der Waals surface area contributed by atoms with Crippen LogP contribution in [0.1, 0.15) is 10.4 Å². The van der Waals surface area contributed by atoms with Crippen LogP contribution in [-0.4, -0.2) is 14.2 Å². The molecule has 0 radical (unpaired) electrons. The van der Waals surface area contributed by atoms with Crippen LogP contribution in [0.25, 0.3) is 10.4 Å². The predicted molar refractivity (Wildman–Crippen MR) is 75.5 cm³/mol. The molecule has 1 aromatic carbocycles. The smallest absolute Gasteiger partial charge is 0.161 e. The number of nitriles is 1. The summed E-state index contributed by atoms with van der Waals surface area (Å²) in [6.07, 6.45) is 0. The molecule has 0 bridgehead atoms. The van der Waals surface area contributed by atoms with Crippen LogP contribution < -0.4 is 15.2 Å². The number of nitrogens with two attached hydrogens (primary N) is 1. The Hall–Kier alpha value is -2.03. The van der Waals surface area contributed by atoms with Crippen molar-refractivity contribution in [1.82, 2.24) is 0 Å². The highest BCUT2D eigenvalue weighted by molar-refractivity contribution is 7.16. The topological polar surface area (TPSA) is 68.3 Å². The molecule has 0 unspecified atom stereocenters. The van der Waals surface area contributed by atoms with Gasteiger partial charge < -0.3 is 15.2 Å². The molecule has 0 aliphatic carbocycles. The summed E-state index contributed by atoms with van der Waals surface area (Å²) in [6, 6.07) is 9.63. The van der Waals surface area contributed by atoms with Crippen molar-refractivity contribution in [3.63, 3.8) is 0 Å². The summed E-state index contributed by atoms with van der Waals surface area (Å²) in [5.74, 6) is 1.31. The lowest BCUT2D eigenvalue weighted by molar-refractivity contribution is 0.354. The standard InChI is InChI=1S/C14H14N2O2S/c1-17-12-5-9(7-15)11(6-13(12)18-2)14-4-3-10(8-16)19-14/h3-6H,7,15H2,1-2H3. The number of hydrogen-bond acceptors (Lipinski definition) is 5. The van der Waals surface area contributed by atoms with E-state index >= 15 is 0 Å². The molecular formula is C14H14N2O2S. The van der Waals surface area contributed by atoms with Gasteiger partial charge in [-0.3, -0.25) is 0 Å². The largest absolute Gasteiger partial charge is 0.493 e. The molecule has 0 aliphatic rings. The molecule has 1 aromatic heterocycles. The highest BCUT2D eigenvalue weighted by atomic mass is 32.1. The second-order valence-electron chi connectivity index (χ2n) is 3.84. The van der Waals surface area contributed by atoms with Crippen LogP contribution in [0.2, 0.25) is 0 Å². The van der Waals surface area contributed by atoms with Gasteiger partial charge in [-0.1, -0.05) is 0 Å². The Labute approximate surface area is 116 Å². The zero-order valence-electron chi connectivity index (χ0n) is 10.8. The number of ether oxygens (including phenoxy) is 2. The van der Waals surface area contributed by atoms with Gasteiger partial charge in [0.1, 0.15) is 10.9 Å². The zero-order valence-corrected chi connectivity index (χ0v) is 11.6. The van der Waals surface area contributed by atoms with Gasteiger partial charge in [-0.2, -0.15) is 5.26 Å². The molecule has 0 atom stereocenters. The van der Waals surface area contributed by atoms with E-state index in [2.05, 4.69) is 6.07 Å². The first-order valence-electron chi connectivity index (χ1n) is 5.68. The van der Waals surface area contributed by atoms with Gasteiger partial charge in [0.2, 0.25) is 0 Å². The first-order chi connectivity index (χ1) is 9.23. The fourth-order valence-corrected chi connectivity index (χ4v) is 2.72. The number of rotatable bonds is 4. The van der Waals surface area contributed by atoms with Gasteiger partial charge in [-0.15, -0.1) is 11.3 Å². The maximum Gasteiger partial charge on any atom is 0.161 e. The fourth-order valence-electron chi connectivity index (χ4n) is 1.86. The summed E-state index contributed by atoms with van der Waals surface area (Å²) in [5, 5.41) is 8.90. The van der Waals surface area contributed by atoms with E-state index in [1.807, 2.05) is 18.2 Å². The Bertz CT molecular complexity index is 629. The van der Waals surface area contributed by atoms with E-state index in [9.17, 15) is 0 Å². The van der Waals surface area contributed by atoms with Crippen molar-refractivity contribution in [3.05, 3.63) is 34.7 Å². The third-order valence-corrected chi connectivity index (χ3v) is 3.83. The molecule has 2 rings (SSSR count). The molecule has 0 spiro atoms. The third kappa shape index (κ3) is 2.55. The van der Waals surface area contributed by atoms with Crippen molar-refractivity contribution < 1.29 is 9.47 Å². The number of benzene rings is 1. The van der Waals surface area contributed by atoms with Crippen molar-refractivity contribution in [2.45, 2.75) is 6.54 Å². The maximum atomic E-state index is 8.90. The fraction of sp³-hybridized carbons (Fsp3) is 0.214. The van der Waals surface area contributed by atoms with E-state index in [1.54, 1.807) is 20.3 Å². The Morgan fingerprint density at radius 3 is 2.42 bits per heavy atom. The molecule has 0 aliphatic heterocycles. The maximum absolute atomic E-state index is 8.90. The Morgan fingerprint density at radius 2 is 1.89 bits per heavy atom. The van der Waals surface area contributed by atoms with E-state index in [4.69, 9.17) is 20.5 Å². The summed E-state index contributed by atoms with van der Waals surface area (Å²) in [5.41, 5.74) is 7.73. The van der Waals surface area contributed by atoms with Gasteiger partial charge >= 0.3 is 0 Å². The Kier molecular flexibility index (Phi) is 4.05. The van der Waals surface area contributed by atoms with Crippen LogP contribution in [0, 0.1) is 11.3 Å². The average molecular weight is 274 g/mol. The molecule has 4 nitrogen and oxygen atoms in total. The summed E-state index contributed by atoms with van der Waals surface area (Å²) < 4.78 is 10.6. The normalized spacial score (nSPS) is 10.0. The van der Waals surface area contributed by atoms with Crippen molar-refractivity contribution in [2.24, 2.45) is 5.73 Å². The van der Waals surface area contributed by atoms with Gasteiger partial charge in [0.15, 0.2) is 11.5 Å². The van der Waals surface area contributed by atoms with Gasteiger partial charge in [0.25, 0.3) is 0 Å². The number of nitrogens with zero attached hydrogens (tertiary/aromatic N) is 1. The molecule has 98 valence electrons. The van der Waals surface area contributed by atoms with Crippen molar-refractivity contribution in [2.75, 3.05) is 14.2 Å². The third-order valence-electron chi connectivity index (χ3n) is 2.81. The summed E-state index contributed by atoms with van der Waals surface area (Å²) in [4.78, 5) is 1.67. The molecule has 5 heteroatoms. The van der Waals surface area contributed by atoms with Crippen molar-refractivity contribution >= 4 is 11.3 Å². The minimum Gasteiger partial charge on any atom is -0.493 e.